The van der Waals surface area contributed by atoms with Crippen LogP contribution >= 0.6 is 0 Å². The van der Waals surface area contributed by atoms with Crippen LogP contribution in [0.3, 0.4) is 0 Å². The van der Waals surface area contributed by atoms with E-state index in [2.05, 4.69) is 18.1 Å². The van der Waals surface area contributed by atoms with E-state index in [0.717, 1.165) is 37.0 Å². The van der Waals surface area contributed by atoms with Crippen molar-refractivity contribution in [3.63, 3.8) is 0 Å². The lowest BCUT2D eigenvalue weighted by atomic mass is 9.52. The number of carbonyl (C=O) groups is 2. The lowest BCUT2D eigenvalue weighted by Crippen LogP contribution is -2.61. The average Bonchev–Trinajstić information content (AvgIpc) is 2.56. The molecule has 4 aliphatic carbocycles. The Bertz CT molecular complexity index is 675. The van der Waals surface area contributed by atoms with Crippen molar-refractivity contribution in [2.45, 2.75) is 96.8 Å². The second-order valence-corrected chi connectivity index (χ2v) is 12.2. The first kappa shape index (κ1) is 24.0. The zero-order valence-electron chi connectivity index (χ0n) is 20.4. The van der Waals surface area contributed by atoms with Gasteiger partial charge in [0.2, 0.25) is 0 Å². The van der Waals surface area contributed by atoms with Gasteiger partial charge in [0.05, 0.1) is 0 Å². The van der Waals surface area contributed by atoms with Crippen molar-refractivity contribution >= 4 is 11.9 Å². The summed E-state index contributed by atoms with van der Waals surface area (Å²) < 4.78 is 11.1. The van der Waals surface area contributed by atoms with E-state index in [1.807, 2.05) is 41.5 Å². The molecule has 31 heavy (non-hydrogen) atoms. The summed E-state index contributed by atoms with van der Waals surface area (Å²) in [5.74, 6) is 1.50. The second kappa shape index (κ2) is 8.38. The summed E-state index contributed by atoms with van der Waals surface area (Å²) in [6.07, 6.45) is 7.36. The fraction of sp³-hybridized carbons (Fsp3) is 0.769. The van der Waals surface area contributed by atoms with E-state index >= 15 is 0 Å². The van der Waals surface area contributed by atoms with E-state index in [0.29, 0.717) is 24.2 Å². The number of nitrogens with zero attached hydrogens (tertiary/aromatic N) is 1. The number of rotatable bonds is 7. The van der Waals surface area contributed by atoms with Gasteiger partial charge in [-0.05, 0) is 97.8 Å². The number of carbonyl (C=O) groups excluding carboxylic acids is 2. The van der Waals surface area contributed by atoms with Gasteiger partial charge in [0.15, 0.2) is 0 Å². The van der Waals surface area contributed by atoms with Gasteiger partial charge in [-0.25, -0.2) is 9.59 Å². The maximum Gasteiger partial charge on any atom is 0.335 e. The fourth-order valence-corrected chi connectivity index (χ4v) is 6.13. The fourth-order valence-electron chi connectivity index (χ4n) is 6.13. The van der Waals surface area contributed by atoms with Crippen LogP contribution in [0.4, 0.5) is 0 Å². The van der Waals surface area contributed by atoms with Crippen LogP contribution in [0, 0.1) is 17.8 Å². The van der Waals surface area contributed by atoms with E-state index in [1.165, 1.54) is 19.3 Å². The van der Waals surface area contributed by atoms with Crippen LogP contribution in [0.1, 0.15) is 80.1 Å². The van der Waals surface area contributed by atoms with Gasteiger partial charge in [-0.15, -0.1) is 0 Å². The zero-order valence-corrected chi connectivity index (χ0v) is 20.4. The van der Waals surface area contributed by atoms with Gasteiger partial charge >= 0.3 is 11.9 Å². The van der Waals surface area contributed by atoms with Crippen molar-refractivity contribution in [3.05, 3.63) is 24.3 Å². The molecule has 5 heteroatoms. The molecule has 0 aliphatic heterocycles. The summed E-state index contributed by atoms with van der Waals surface area (Å²) >= 11 is 0. The molecule has 4 bridgehead atoms. The SMILES string of the molecule is C=C(CN(CC(=C)C(=O)OC(C)(C)C)C12CC3CC(CC(C3)C1)C2)C(=O)OC(C)(C)C. The van der Waals surface area contributed by atoms with Crippen LogP contribution < -0.4 is 0 Å². The molecule has 4 rings (SSSR count). The molecular weight excluding hydrogens is 390 g/mol. The van der Waals surface area contributed by atoms with Crippen LogP contribution in [0.25, 0.3) is 0 Å². The average molecular weight is 432 g/mol. The van der Waals surface area contributed by atoms with Crippen LogP contribution in [-0.4, -0.2) is 46.7 Å². The topological polar surface area (TPSA) is 55.8 Å². The van der Waals surface area contributed by atoms with Gasteiger partial charge in [-0.2, -0.15) is 0 Å². The van der Waals surface area contributed by atoms with Crippen molar-refractivity contribution in [1.29, 1.82) is 0 Å². The monoisotopic (exact) mass is 431 g/mol. The van der Waals surface area contributed by atoms with Crippen molar-refractivity contribution in [2.24, 2.45) is 17.8 Å². The Morgan fingerprint density at radius 1 is 0.774 bits per heavy atom. The molecule has 0 aromatic carbocycles. The molecule has 0 N–H and O–H groups in total. The Morgan fingerprint density at radius 2 is 1.10 bits per heavy atom. The van der Waals surface area contributed by atoms with Crippen molar-refractivity contribution in [1.82, 2.24) is 4.90 Å². The summed E-state index contributed by atoms with van der Waals surface area (Å²) in [6, 6.07) is 0. The summed E-state index contributed by atoms with van der Waals surface area (Å²) in [6.45, 7) is 20.1. The Hall–Kier alpha value is -1.62. The van der Waals surface area contributed by atoms with Crippen LogP contribution in [0.15, 0.2) is 24.3 Å². The molecule has 0 spiro atoms. The predicted octanol–water partition coefficient (Wildman–Crippen LogP) is 5.05. The second-order valence-electron chi connectivity index (χ2n) is 12.2. The van der Waals surface area contributed by atoms with Gasteiger partial charge in [0, 0.05) is 29.8 Å². The minimum atomic E-state index is -0.564. The quantitative estimate of drug-likeness (QED) is 0.417. The third-order valence-corrected chi connectivity index (χ3v) is 6.82. The van der Waals surface area contributed by atoms with Crippen LogP contribution in [0.5, 0.6) is 0 Å². The predicted molar refractivity (Wildman–Crippen MR) is 122 cm³/mol. The van der Waals surface area contributed by atoms with E-state index in [1.54, 1.807) is 0 Å². The van der Waals surface area contributed by atoms with Crippen LogP contribution in [0.2, 0.25) is 0 Å². The molecule has 0 aromatic heterocycles. The van der Waals surface area contributed by atoms with Gasteiger partial charge in [-0.1, -0.05) is 13.2 Å². The molecule has 5 nitrogen and oxygen atoms in total. The van der Waals surface area contributed by atoms with Gasteiger partial charge in [0.1, 0.15) is 11.2 Å². The van der Waals surface area contributed by atoms with Crippen molar-refractivity contribution < 1.29 is 19.1 Å². The van der Waals surface area contributed by atoms with E-state index in [-0.39, 0.29) is 17.5 Å². The molecule has 0 atom stereocenters. The van der Waals surface area contributed by atoms with Crippen molar-refractivity contribution in [2.75, 3.05) is 13.1 Å². The molecule has 174 valence electrons. The van der Waals surface area contributed by atoms with E-state index < -0.39 is 11.2 Å². The molecule has 4 fully saturated rings. The highest BCUT2D eigenvalue weighted by molar-refractivity contribution is 5.89. The highest BCUT2D eigenvalue weighted by Gasteiger charge is 2.53. The first-order chi connectivity index (χ1) is 14.2. The molecule has 0 amide bonds. The van der Waals surface area contributed by atoms with E-state index in [4.69, 9.17) is 9.47 Å². The summed E-state index contributed by atoms with van der Waals surface area (Å²) in [5.41, 5.74) is -0.257. The molecule has 0 unspecified atom stereocenters. The zero-order chi connectivity index (χ0) is 23.2. The maximum atomic E-state index is 12.7. The standard InChI is InChI=1S/C26H41NO4/c1-17(22(28)30-24(3,4)5)15-27(16-18(2)23(29)31-25(6,7)8)26-12-19-9-20(13-26)11-21(10-19)14-26/h19-21H,1-2,9-16H2,3-8H3. The number of ether oxygens (including phenoxy) is 2. The first-order valence-corrected chi connectivity index (χ1v) is 11.7. The molecule has 0 radical (unpaired) electrons. The Balaban J connectivity index is 1.79. The highest BCUT2D eigenvalue weighted by atomic mass is 16.6. The minimum absolute atomic E-state index is 0.00462. The van der Waals surface area contributed by atoms with Crippen molar-refractivity contribution in [3.8, 4) is 0 Å². The lowest BCUT2D eigenvalue weighted by Gasteiger charge is -2.60. The molecule has 4 saturated carbocycles. The smallest absolute Gasteiger partial charge is 0.335 e. The summed E-state index contributed by atoms with van der Waals surface area (Å²) in [4.78, 5) is 27.6. The summed E-state index contributed by atoms with van der Waals surface area (Å²) in [5, 5.41) is 0. The van der Waals surface area contributed by atoms with Gasteiger partial charge < -0.3 is 9.47 Å². The summed E-state index contributed by atoms with van der Waals surface area (Å²) in [7, 11) is 0. The highest BCUT2D eigenvalue weighted by Crippen LogP contribution is 2.58. The van der Waals surface area contributed by atoms with Crippen LogP contribution in [-0.2, 0) is 19.1 Å². The normalized spacial score (nSPS) is 29.7. The Morgan fingerprint density at radius 3 is 1.39 bits per heavy atom. The van der Waals surface area contributed by atoms with Gasteiger partial charge in [-0.3, -0.25) is 4.90 Å². The number of esters is 2. The third-order valence-electron chi connectivity index (χ3n) is 6.82. The molecular formula is C26H41NO4. The largest absolute Gasteiger partial charge is 0.457 e. The Kier molecular flexibility index (Phi) is 6.50. The number of hydrogen-bond donors (Lipinski definition) is 0. The molecule has 4 aliphatic rings. The lowest BCUT2D eigenvalue weighted by molar-refractivity contribution is -0.150. The van der Waals surface area contributed by atoms with Gasteiger partial charge in [0.25, 0.3) is 0 Å². The third kappa shape index (κ3) is 6.00. The molecule has 0 aromatic rings. The number of hydrogen-bond acceptors (Lipinski definition) is 5. The van der Waals surface area contributed by atoms with E-state index in [9.17, 15) is 9.59 Å². The maximum absolute atomic E-state index is 12.7. The Labute approximate surface area is 188 Å². The molecule has 0 saturated heterocycles. The molecule has 0 heterocycles. The minimum Gasteiger partial charge on any atom is -0.457 e. The first-order valence-electron chi connectivity index (χ1n) is 11.7.